The molecule has 0 aliphatic rings. The van der Waals surface area contributed by atoms with E-state index in [9.17, 15) is 18.4 Å². The number of carboxylic acids is 1. The molecule has 0 aromatic heterocycles. The number of rotatable bonds is 6. The fourth-order valence-corrected chi connectivity index (χ4v) is 1.32. The van der Waals surface area contributed by atoms with Gasteiger partial charge in [-0.25, -0.2) is 4.79 Å². The van der Waals surface area contributed by atoms with E-state index in [4.69, 9.17) is 5.11 Å². The molecule has 0 atom stereocenters. The van der Waals surface area contributed by atoms with Crippen molar-refractivity contribution >= 4 is 12.3 Å². The molecule has 0 heterocycles. The molecule has 0 saturated heterocycles. The number of carbonyl (C=O) groups excluding carboxylic acids is 1. The molecule has 1 aromatic carbocycles. The Morgan fingerprint density at radius 3 is 2.71 bits per heavy atom. The zero-order valence-electron chi connectivity index (χ0n) is 8.73. The summed E-state index contributed by atoms with van der Waals surface area (Å²) < 4.78 is 28.3. The summed E-state index contributed by atoms with van der Waals surface area (Å²) in [5.41, 5.74) is 0.234. The van der Waals surface area contributed by atoms with Gasteiger partial charge in [-0.05, 0) is 24.1 Å². The summed E-state index contributed by atoms with van der Waals surface area (Å²) in [6.07, 6.45) is 1.28. The zero-order valence-corrected chi connectivity index (χ0v) is 8.73. The van der Waals surface area contributed by atoms with Crippen LogP contribution in [0.5, 0.6) is 5.75 Å². The number of carboxylic acid groups (broad SMARTS) is 1. The van der Waals surface area contributed by atoms with Crippen molar-refractivity contribution in [1.29, 1.82) is 0 Å². The molecule has 0 amide bonds. The Bertz CT molecular complexity index is 418. The third-order valence-corrected chi connectivity index (χ3v) is 2.04. The second kappa shape index (κ2) is 5.93. The molecule has 0 radical (unpaired) electrons. The Morgan fingerprint density at radius 2 is 2.18 bits per heavy atom. The van der Waals surface area contributed by atoms with Crippen molar-refractivity contribution in [2.24, 2.45) is 0 Å². The van der Waals surface area contributed by atoms with Gasteiger partial charge in [-0.2, -0.15) is 8.78 Å². The van der Waals surface area contributed by atoms with Gasteiger partial charge in [0.15, 0.2) is 0 Å². The monoisotopic (exact) mass is 244 g/mol. The third kappa shape index (κ3) is 3.82. The second-order valence-corrected chi connectivity index (χ2v) is 3.22. The van der Waals surface area contributed by atoms with E-state index in [1.165, 1.54) is 18.2 Å². The van der Waals surface area contributed by atoms with Crippen LogP contribution >= 0.6 is 0 Å². The molecular weight excluding hydrogens is 234 g/mol. The Labute approximate surface area is 95.8 Å². The standard InChI is InChI=1S/C11H10F2O4/c12-11(13)17-9-6-7(2-1-5-14)3-4-8(9)10(15)16/h3-6,11H,1-2H2,(H,15,16). The van der Waals surface area contributed by atoms with Gasteiger partial charge < -0.3 is 14.6 Å². The molecule has 1 N–H and O–H groups in total. The molecule has 0 aliphatic heterocycles. The van der Waals surface area contributed by atoms with Crippen molar-refractivity contribution in [2.75, 3.05) is 0 Å². The van der Waals surface area contributed by atoms with Gasteiger partial charge in [0, 0.05) is 6.42 Å². The van der Waals surface area contributed by atoms with Crippen LogP contribution in [0, 0.1) is 0 Å². The van der Waals surface area contributed by atoms with E-state index in [1.54, 1.807) is 0 Å². The lowest BCUT2D eigenvalue weighted by molar-refractivity contribution is -0.107. The van der Waals surface area contributed by atoms with Gasteiger partial charge in [0.1, 0.15) is 17.6 Å². The smallest absolute Gasteiger partial charge is 0.387 e. The van der Waals surface area contributed by atoms with Gasteiger partial charge in [-0.1, -0.05) is 6.07 Å². The lowest BCUT2D eigenvalue weighted by atomic mass is 10.1. The fraction of sp³-hybridized carbons (Fsp3) is 0.273. The SMILES string of the molecule is O=CCCc1ccc(C(=O)O)c(OC(F)F)c1. The zero-order chi connectivity index (χ0) is 12.8. The largest absolute Gasteiger partial charge is 0.478 e. The van der Waals surface area contributed by atoms with Crippen LogP contribution in [0.25, 0.3) is 0 Å². The normalized spacial score (nSPS) is 10.3. The van der Waals surface area contributed by atoms with Gasteiger partial charge in [0.05, 0.1) is 0 Å². The van der Waals surface area contributed by atoms with Crippen molar-refractivity contribution in [3.05, 3.63) is 29.3 Å². The van der Waals surface area contributed by atoms with E-state index in [2.05, 4.69) is 4.74 Å². The number of hydrogen-bond acceptors (Lipinski definition) is 3. The molecule has 0 aliphatic carbocycles. The average Bonchev–Trinajstić information content (AvgIpc) is 2.25. The maximum absolute atomic E-state index is 12.1. The van der Waals surface area contributed by atoms with Crippen molar-refractivity contribution in [2.45, 2.75) is 19.5 Å². The summed E-state index contributed by atoms with van der Waals surface area (Å²) in [5.74, 6) is -1.74. The molecule has 92 valence electrons. The summed E-state index contributed by atoms with van der Waals surface area (Å²) in [6.45, 7) is -3.09. The summed E-state index contributed by atoms with van der Waals surface area (Å²) in [5, 5.41) is 8.76. The van der Waals surface area contributed by atoms with Crippen LogP contribution in [0.1, 0.15) is 22.3 Å². The Hall–Kier alpha value is -1.98. The first kappa shape index (κ1) is 13.1. The molecule has 17 heavy (non-hydrogen) atoms. The maximum atomic E-state index is 12.1. The van der Waals surface area contributed by atoms with Gasteiger partial charge in [-0.15, -0.1) is 0 Å². The number of carbonyl (C=O) groups is 2. The van der Waals surface area contributed by atoms with Gasteiger partial charge in [0.25, 0.3) is 0 Å². The number of aldehydes is 1. The van der Waals surface area contributed by atoms with Gasteiger partial charge >= 0.3 is 12.6 Å². The minimum absolute atomic E-state index is 0.237. The highest BCUT2D eigenvalue weighted by atomic mass is 19.3. The van der Waals surface area contributed by atoms with Gasteiger partial charge in [0.2, 0.25) is 0 Å². The molecule has 1 aromatic rings. The quantitative estimate of drug-likeness (QED) is 0.778. The number of halogens is 2. The molecule has 0 unspecified atom stereocenters. The topological polar surface area (TPSA) is 63.6 Å². The van der Waals surface area contributed by atoms with Crippen LogP contribution in [0.15, 0.2) is 18.2 Å². The highest BCUT2D eigenvalue weighted by Gasteiger charge is 2.15. The third-order valence-electron chi connectivity index (χ3n) is 2.04. The van der Waals surface area contributed by atoms with Crippen LogP contribution in [0.4, 0.5) is 8.78 Å². The number of alkyl halides is 2. The minimum atomic E-state index is -3.09. The van der Waals surface area contributed by atoms with Crippen LogP contribution in [-0.4, -0.2) is 24.0 Å². The van der Waals surface area contributed by atoms with Crippen LogP contribution in [-0.2, 0) is 11.2 Å². The molecular formula is C11H10F2O4. The Kier molecular flexibility index (Phi) is 4.56. The predicted octanol–water partition coefficient (Wildman–Crippen LogP) is 2.12. The molecule has 0 fully saturated rings. The first-order chi connectivity index (χ1) is 8.04. The number of ether oxygens (including phenoxy) is 1. The Balaban J connectivity index is 3.00. The van der Waals surface area contributed by atoms with E-state index in [0.29, 0.717) is 18.3 Å². The number of aryl methyl sites for hydroxylation is 1. The van der Waals surface area contributed by atoms with E-state index in [0.717, 1.165) is 0 Å². The lowest BCUT2D eigenvalue weighted by Crippen LogP contribution is -2.08. The fourth-order valence-electron chi connectivity index (χ4n) is 1.32. The van der Waals surface area contributed by atoms with Crippen LogP contribution in [0.2, 0.25) is 0 Å². The first-order valence-electron chi connectivity index (χ1n) is 4.79. The van der Waals surface area contributed by atoms with E-state index >= 15 is 0 Å². The van der Waals surface area contributed by atoms with Crippen molar-refractivity contribution in [3.63, 3.8) is 0 Å². The van der Waals surface area contributed by atoms with Gasteiger partial charge in [-0.3, -0.25) is 0 Å². The second-order valence-electron chi connectivity index (χ2n) is 3.22. The van der Waals surface area contributed by atoms with Crippen molar-refractivity contribution < 1.29 is 28.2 Å². The summed E-state index contributed by atoms with van der Waals surface area (Å²) >= 11 is 0. The average molecular weight is 244 g/mol. The molecule has 0 spiro atoms. The Morgan fingerprint density at radius 1 is 1.47 bits per heavy atom. The van der Waals surface area contributed by atoms with E-state index in [-0.39, 0.29) is 12.0 Å². The molecule has 1 rings (SSSR count). The molecule has 0 saturated carbocycles. The molecule has 0 bridgehead atoms. The summed E-state index contributed by atoms with van der Waals surface area (Å²) in [4.78, 5) is 20.9. The minimum Gasteiger partial charge on any atom is -0.478 e. The predicted molar refractivity (Wildman–Crippen MR) is 54.4 cm³/mol. The number of benzene rings is 1. The van der Waals surface area contributed by atoms with E-state index in [1.807, 2.05) is 0 Å². The van der Waals surface area contributed by atoms with Crippen LogP contribution < -0.4 is 4.74 Å². The summed E-state index contributed by atoms with van der Waals surface area (Å²) in [6, 6.07) is 3.85. The molecule has 4 nitrogen and oxygen atoms in total. The van der Waals surface area contributed by atoms with Crippen molar-refractivity contribution in [3.8, 4) is 5.75 Å². The maximum Gasteiger partial charge on any atom is 0.387 e. The first-order valence-corrected chi connectivity index (χ1v) is 4.79. The number of aromatic carboxylic acids is 1. The van der Waals surface area contributed by atoms with E-state index < -0.39 is 18.3 Å². The summed E-state index contributed by atoms with van der Waals surface area (Å²) in [7, 11) is 0. The highest BCUT2D eigenvalue weighted by molar-refractivity contribution is 5.91. The van der Waals surface area contributed by atoms with Crippen molar-refractivity contribution in [1.82, 2.24) is 0 Å². The molecule has 6 heteroatoms. The van der Waals surface area contributed by atoms with Crippen LogP contribution in [0.3, 0.4) is 0 Å². The lowest BCUT2D eigenvalue weighted by Gasteiger charge is -2.09. The number of hydrogen-bond donors (Lipinski definition) is 1. The highest BCUT2D eigenvalue weighted by Crippen LogP contribution is 2.23.